The van der Waals surface area contributed by atoms with Crippen LogP contribution in [0.5, 0.6) is 0 Å². The average Bonchev–Trinajstić information content (AvgIpc) is 3.02. The highest BCUT2D eigenvalue weighted by molar-refractivity contribution is 5.91. The molecule has 0 aliphatic carbocycles. The number of piperazine rings is 1. The minimum atomic E-state index is -0.0989. The van der Waals surface area contributed by atoms with Crippen LogP contribution < -0.4 is 4.90 Å². The fourth-order valence-electron chi connectivity index (χ4n) is 2.16. The minimum Gasteiger partial charge on any atom is -0.438 e. The first-order valence-electron chi connectivity index (χ1n) is 6.18. The van der Waals surface area contributed by atoms with Gasteiger partial charge in [0.1, 0.15) is 5.82 Å². The number of rotatable bonds is 2. The molecule has 98 valence electrons. The number of oxazole rings is 1. The SMILES string of the molecule is O=C(c1cnco1)N1CCN(c2ccccn2)CC1. The summed E-state index contributed by atoms with van der Waals surface area (Å²) < 4.78 is 5.03. The molecule has 0 N–H and O–H groups in total. The van der Waals surface area contributed by atoms with Crippen LogP contribution in [0.1, 0.15) is 10.6 Å². The van der Waals surface area contributed by atoms with Crippen LogP contribution in [0, 0.1) is 0 Å². The molecule has 2 aromatic rings. The van der Waals surface area contributed by atoms with Gasteiger partial charge in [-0.15, -0.1) is 0 Å². The molecular weight excluding hydrogens is 244 g/mol. The smallest absolute Gasteiger partial charge is 0.291 e. The Morgan fingerprint density at radius 1 is 1.21 bits per heavy atom. The third-order valence-electron chi connectivity index (χ3n) is 3.18. The Labute approximate surface area is 110 Å². The van der Waals surface area contributed by atoms with Gasteiger partial charge in [-0.05, 0) is 12.1 Å². The van der Waals surface area contributed by atoms with Gasteiger partial charge in [0.15, 0.2) is 6.39 Å². The van der Waals surface area contributed by atoms with Crippen LogP contribution in [0.15, 0.2) is 41.4 Å². The van der Waals surface area contributed by atoms with E-state index in [4.69, 9.17) is 4.42 Å². The molecule has 0 atom stereocenters. The summed E-state index contributed by atoms with van der Waals surface area (Å²) in [6.07, 6.45) is 4.51. The molecule has 0 saturated carbocycles. The lowest BCUT2D eigenvalue weighted by Crippen LogP contribution is -2.49. The van der Waals surface area contributed by atoms with E-state index in [-0.39, 0.29) is 5.91 Å². The molecule has 6 nitrogen and oxygen atoms in total. The van der Waals surface area contributed by atoms with Crippen LogP contribution in [0.2, 0.25) is 0 Å². The van der Waals surface area contributed by atoms with Crippen molar-refractivity contribution in [1.29, 1.82) is 0 Å². The second kappa shape index (κ2) is 5.09. The van der Waals surface area contributed by atoms with E-state index < -0.39 is 0 Å². The van der Waals surface area contributed by atoms with Gasteiger partial charge in [0, 0.05) is 32.4 Å². The highest BCUT2D eigenvalue weighted by Gasteiger charge is 2.24. The summed E-state index contributed by atoms with van der Waals surface area (Å²) in [4.78, 5) is 24.1. The number of hydrogen-bond donors (Lipinski definition) is 0. The van der Waals surface area contributed by atoms with E-state index in [1.165, 1.54) is 12.6 Å². The minimum absolute atomic E-state index is 0.0989. The summed E-state index contributed by atoms with van der Waals surface area (Å²) in [5.74, 6) is 1.15. The molecule has 19 heavy (non-hydrogen) atoms. The fraction of sp³-hybridized carbons (Fsp3) is 0.308. The molecule has 0 aromatic carbocycles. The Morgan fingerprint density at radius 3 is 2.68 bits per heavy atom. The largest absolute Gasteiger partial charge is 0.438 e. The Bertz CT molecular complexity index is 533. The summed E-state index contributed by atoms with van der Waals surface area (Å²) in [6, 6.07) is 5.84. The van der Waals surface area contributed by atoms with Crippen LogP contribution in [0.4, 0.5) is 5.82 Å². The van der Waals surface area contributed by atoms with Gasteiger partial charge in [-0.1, -0.05) is 6.07 Å². The molecule has 1 saturated heterocycles. The molecule has 6 heteroatoms. The third kappa shape index (κ3) is 2.42. The van der Waals surface area contributed by atoms with E-state index in [1.807, 2.05) is 18.2 Å². The Balaban J connectivity index is 1.62. The van der Waals surface area contributed by atoms with Gasteiger partial charge in [0.2, 0.25) is 5.76 Å². The molecule has 0 unspecified atom stereocenters. The first-order valence-corrected chi connectivity index (χ1v) is 6.18. The van der Waals surface area contributed by atoms with E-state index in [1.54, 1.807) is 11.1 Å². The van der Waals surface area contributed by atoms with Crippen LogP contribution >= 0.6 is 0 Å². The standard InChI is InChI=1S/C13H14N4O2/c18-13(11-9-14-10-19-11)17-7-5-16(6-8-17)12-3-1-2-4-15-12/h1-4,9-10H,5-8H2. The molecule has 0 spiro atoms. The summed E-state index contributed by atoms with van der Waals surface area (Å²) in [5.41, 5.74) is 0. The highest BCUT2D eigenvalue weighted by atomic mass is 16.3. The zero-order valence-electron chi connectivity index (χ0n) is 10.4. The first-order chi connectivity index (χ1) is 9.34. The molecule has 3 heterocycles. The molecule has 0 bridgehead atoms. The Hall–Kier alpha value is -2.37. The number of amides is 1. The number of aromatic nitrogens is 2. The number of carbonyl (C=O) groups excluding carboxylic acids is 1. The summed E-state index contributed by atoms with van der Waals surface area (Å²) in [7, 11) is 0. The van der Waals surface area contributed by atoms with Gasteiger partial charge in [-0.25, -0.2) is 9.97 Å². The van der Waals surface area contributed by atoms with E-state index in [9.17, 15) is 4.79 Å². The molecule has 1 aliphatic rings. The van der Waals surface area contributed by atoms with Gasteiger partial charge in [-0.2, -0.15) is 0 Å². The monoisotopic (exact) mass is 258 g/mol. The van der Waals surface area contributed by atoms with Gasteiger partial charge in [0.05, 0.1) is 6.20 Å². The van der Waals surface area contributed by atoms with Crippen molar-refractivity contribution >= 4 is 11.7 Å². The van der Waals surface area contributed by atoms with Gasteiger partial charge in [-0.3, -0.25) is 4.79 Å². The molecule has 3 rings (SSSR count). The quantitative estimate of drug-likeness (QED) is 0.805. The fourth-order valence-corrected chi connectivity index (χ4v) is 2.16. The van der Waals surface area contributed by atoms with Crippen molar-refractivity contribution in [2.45, 2.75) is 0 Å². The Kier molecular flexibility index (Phi) is 3.14. The van der Waals surface area contributed by atoms with Crippen molar-refractivity contribution in [3.8, 4) is 0 Å². The zero-order valence-corrected chi connectivity index (χ0v) is 10.4. The lowest BCUT2D eigenvalue weighted by molar-refractivity contribution is 0.0714. The van der Waals surface area contributed by atoms with Crippen molar-refractivity contribution < 1.29 is 9.21 Å². The van der Waals surface area contributed by atoms with E-state index in [0.29, 0.717) is 18.8 Å². The second-order valence-electron chi connectivity index (χ2n) is 4.33. The molecule has 1 aliphatic heterocycles. The zero-order chi connectivity index (χ0) is 13.1. The summed E-state index contributed by atoms with van der Waals surface area (Å²) in [6.45, 7) is 2.87. The molecule has 1 amide bonds. The van der Waals surface area contributed by atoms with Crippen LogP contribution in [0.25, 0.3) is 0 Å². The maximum Gasteiger partial charge on any atom is 0.291 e. The maximum absolute atomic E-state index is 12.1. The number of hydrogen-bond acceptors (Lipinski definition) is 5. The molecular formula is C13H14N4O2. The van der Waals surface area contributed by atoms with Crippen molar-refractivity contribution in [1.82, 2.24) is 14.9 Å². The second-order valence-corrected chi connectivity index (χ2v) is 4.33. The molecule has 1 fully saturated rings. The van der Waals surface area contributed by atoms with E-state index >= 15 is 0 Å². The summed E-state index contributed by atoms with van der Waals surface area (Å²) >= 11 is 0. The van der Waals surface area contributed by atoms with Crippen molar-refractivity contribution in [3.63, 3.8) is 0 Å². The average molecular weight is 258 g/mol. The number of carbonyl (C=O) groups is 1. The third-order valence-corrected chi connectivity index (χ3v) is 3.18. The van der Waals surface area contributed by atoms with Gasteiger partial charge in [0.25, 0.3) is 5.91 Å². The van der Waals surface area contributed by atoms with E-state index in [2.05, 4.69) is 14.9 Å². The Morgan fingerprint density at radius 2 is 2.05 bits per heavy atom. The maximum atomic E-state index is 12.1. The summed E-state index contributed by atoms with van der Waals surface area (Å²) in [5, 5.41) is 0. The van der Waals surface area contributed by atoms with Crippen molar-refractivity contribution in [2.24, 2.45) is 0 Å². The number of pyridine rings is 1. The highest BCUT2D eigenvalue weighted by Crippen LogP contribution is 2.14. The lowest BCUT2D eigenvalue weighted by Gasteiger charge is -2.34. The van der Waals surface area contributed by atoms with Crippen molar-refractivity contribution in [3.05, 3.63) is 42.7 Å². The molecule has 2 aromatic heterocycles. The molecule has 0 radical (unpaired) electrons. The van der Waals surface area contributed by atoms with Gasteiger partial charge >= 0.3 is 0 Å². The normalized spacial score (nSPS) is 15.6. The topological polar surface area (TPSA) is 62.5 Å². The lowest BCUT2D eigenvalue weighted by atomic mass is 10.3. The van der Waals surface area contributed by atoms with Crippen molar-refractivity contribution in [2.75, 3.05) is 31.1 Å². The van der Waals surface area contributed by atoms with Gasteiger partial charge < -0.3 is 14.2 Å². The number of nitrogens with zero attached hydrogens (tertiary/aromatic N) is 4. The van der Waals surface area contributed by atoms with Crippen LogP contribution in [-0.2, 0) is 0 Å². The van der Waals surface area contributed by atoms with Crippen LogP contribution in [-0.4, -0.2) is 47.0 Å². The predicted molar refractivity (Wildman–Crippen MR) is 68.9 cm³/mol. The predicted octanol–water partition coefficient (Wildman–Crippen LogP) is 1.03. The number of anilines is 1. The first kappa shape index (κ1) is 11.7. The van der Waals surface area contributed by atoms with Crippen LogP contribution in [0.3, 0.4) is 0 Å². The van der Waals surface area contributed by atoms with E-state index in [0.717, 1.165) is 18.9 Å².